The van der Waals surface area contributed by atoms with E-state index < -0.39 is 0 Å². The molecule has 1 aliphatic heterocycles. The molecule has 1 amide bonds. The summed E-state index contributed by atoms with van der Waals surface area (Å²) in [5.41, 5.74) is 2.02. The van der Waals surface area contributed by atoms with Crippen molar-refractivity contribution in [3.8, 4) is 0 Å². The number of carbonyl (C=O) groups excluding carboxylic acids is 1. The molecule has 2 unspecified atom stereocenters. The maximum atomic E-state index is 12.4. The van der Waals surface area contributed by atoms with E-state index in [2.05, 4.69) is 33.1 Å². The van der Waals surface area contributed by atoms with Gasteiger partial charge in [-0.25, -0.2) is 0 Å². The Kier molecular flexibility index (Phi) is 5.22. The van der Waals surface area contributed by atoms with Crippen LogP contribution in [0.15, 0.2) is 22.7 Å². The van der Waals surface area contributed by atoms with Crippen molar-refractivity contribution in [2.45, 2.75) is 39.7 Å². The summed E-state index contributed by atoms with van der Waals surface area (Å²) in [7, 11) is 0. The average Bonchev–Trinajstić information content (AvgIpc) is 2.41. The third-order valence-corrected chi connectivity index (χ3v) is 4.65. The van der Waals surface area contributed by atoms with Gasteiger partial charge in [0, 0.05) is 11.0 Å². The van der Waals surface area contributed by atoms with Gasteiger partial charge in [-0.1, -0.05) is 13.0 Å². The van der Waals surface area contributed by atoms with Crippen molar-refractivity contribution in [3.05, 3.63) is 28.2 Å². The molecular weight excluding hydrogens is 316 g/mol. The number of nitrogens with one attached hydrogen (secondary N) is 1. The van der Waals surface area contributed by atoms with E-state index in [0.29, 0.717) is 5.92 Å². The van der Waals surface area contributed by atoms with E-state index in [-0.39, 0.29) is 11.9 Å². The highest BCUT2D eigenvalue weighted by molar-refractivity contribution is 9.10. The van der Waals surface area contributed by atoms with Crippen molar-refractivity contribution in [1.29, 1.82) is 0 Å². The summed E-state index contributed by atoms with van der Waals surface area (Å²) < 4.78 is 0.935. The van der Waals surface area contributed by atoms with Gasteiger partial charge in [-0.3, -0.25) is 9.69 Å². The van der Waals surface area contributed by atoms with Crippen molar-refractivity contribution < 1.29 is 4.79 Å². The van der Waals surface area contributed by atoms with Crippen LogP contribution in [0.1, 0.15) is 32.3 Å². The van der Waals surface area contributed by atoms with Crippen LogP contribution in [0.5, 0.6) is 0 Å². The molecular formula is C16H23BrN2O. The van der Waals surface area contributed by atoms with Crippen molar-refractivity contribution in [2.24, 2.45) is 5.92 Å². The third kappa shape index (κ3) is 3.83. The Morgan fingerprint density at radius 3 is 2.90 bits per heavy atom. The van der Waals surface area contributed by atoms with Crippen LogP contribution >= 0.6 is 15.9 Å². The Balaban J connectivity index is 2.00. The maximum absolute atomic E-state index is 12.4. The number of aryl methyl sites for hydroxylation is 1. The Morgan fingerprint density at radius 2 is 2.25 bits per heavy atom. The Bertz CT molecular complexity index is 489. The maximum Gasteiger partial charge on any atom is 0.241 e. The van der Waals surface area contributed by atoms with Gasteiger partial charge in [0.2, 0.25) is 5.91 Å². The van der Waals surface area contributed by atoms with Crippen LogP contribution in [-0.4, -0.2) is 29.9 Å². The lowest BCUT2D eigenvalue weighted by Crippen LogP contribution is -2.46. The van der Waals surface area contributed by atoms with Crippen LogP contribution in [0, 0.1) is 12.8 Å². The number of carbonyl (C=O) groups is 1. The van der Waals surface area contributed by atoms with Gasteiger partial charge in [0.05, 0.1) is 11.7 Å². The quantitative estimate of drug-likeness (QED) is 0.908. The highest BCUT2D eigenvalue weighted by Gasteiger charge is 2.25. The number of nitrogens with zero attached hydrogens (tertiary/aromatic N) is 1. The molecule has 2 atom stereocenters. The molecule has 1 heterocycles. The molecule has 3 nitrogen and oxygen atoms in total. The first-order valence-corrected chi connectivity index (χ1v) is 8.07. The molecule has 1 aromatic rings. The minimum Gasteiger partial charge on any atom is -0.324 e. The standard InChI is InChI=1S/C16H23BrN2O/c1-11-6-7-15(14(17)9-11)18-16(20)13(3)19-8-4-5-12(2)10-19/h6-7,9,12-13H,4-5,8,10H2,1-3H3,(H,18,20). The second-order valence-corrected chi connectivity index (χ2v) is 6.75. The summed E-state index contributed by atoms with van der Waals surface area (Å²) in [6.07, 6.45) is 2.46. The van der Waals surface area contributed by atoms with Crippen molar-refractivity contribution in [1.82, 2.24) is 4.90 Å². The van der Waals surface area contributed by atoms with E-state index in [1.54, 1.807) is 0 Å². The third-order valence-electron chi connectivity index (χ3n) is 4.00. The minimum absolute atomic E-state index is 0.0728. The SMILES string of the molecule is Cc1ccc(NC(=O)C(C)N2CCCC(C)C2)c(Br)c1. The molecule has 1 aromatic carbocycles. The van der Waals surface area contributed by atoms with Gasteiger partial charge >= 0.3 is 0 Å². The molecule has 0 spiro atoms. The average molecular weight is 339 g/mol. The van der Waals surface area contributed by atoms with Crippen molar-refractivity contribution >= 4 is 27.5 Å². The van der Waals surface area contributed by atoms with Crippen LogP contribution < -0.4 is 5.32 Å². The molecule has 0 bridgehead atoms. The predicted molar refractivity (Wildman–Crippen MR) is 86.9 cm³/mol. The summed E-state index contributed by atoms with van der Waals surface area (Å²) in [6, 6.07) is 5.89. The van der Waals surface area contributed by atoms with Gasteiger partial charge < -0.3 is 5.32 Å². The van der Waals surface area contributed by atoms with Gasteiger partial charge in [-0.05, 0) is 72.8 Å². The van der Waals surface area contributed by atoms with Gasteiger partial charge in [-0.2, -0.15) is 0 Å². The van der Waals surface area contributed by atoms with E-state index in [1.165, 1.54) is 18.4 Å². The first kappa shape index (κ1) is 15.5. The van der Waals surface area contributed by atoms with Crippen LogP contribution in [0.3, 0.4) is 0 Å². The number of hydrogen-bond donors (Lipinski definition) is 1. The van der Waals surface area contributed by atoms with E-state index in [0.717, 1.165) is 23.2 Å². The van der Waals surface area contributed by atoms with Gasteiger partial charge in [0.15, 0.2) is 0 Å². The molecule has 0 radical (unpaired) electrons. The summed E-state index contributed by atoms with van der Waals surface area (Å²) >= 11 is 3.50. The lowest BCUT2D eigenvalue weighted by Gasteiger charge is -2.34. The smallest absolute Gasteiger partial charge is 0.241 e. The summed E-state index contributed by atoms with van der Waals surface area (Å²) in [6.45, 7) is 8.33. The predicted octanol–water partition coefficient (Wildman–Crippen LogP) is 3.82. The first-order chi connectivity index (χ1) is 9.47. The Morgan fingerprint density at radius 1 is 1.50 bits per heavy atom. The van der Waals surface area contributed by atoms with Gasteiger partial charge in [0.1, 0.15) is 0 Å². The zero-order valence-electron chi connectivity index (χ0n) is 12.4. The largest absolute Gasteiger partial charge is 0.324 e. The summed E-state index contributed by atoms with van der Waals surface area (Å²) in [5, 5.41) is 3.02. The normalized spacial score (nSPS) is 21.5. The van der Waals surface area contributed by atoms with E-state index in [9.17, 15) is 4.79 Å². The van der Waals surface area contributed by atoms with Crippen molar-refractivity contribution in [2.75, 3.05) is 18.4 Å². The molecule has 1 saturated heterocycles. The molecule has 1 fully saturated rings. The molecule has 0 aromatic heterocycles. The number of piperidine rings is 1. The lowest BCUT2D eigenvalue weighted by molar-refractivity contribution is -0.121. The van der Waals surface area contributed by atoms with Crippen LogP contribution in [-0.2, 0) is 4.79 Å². The first-order valence-electron chi connectivity index (χ1n) is 7.28. The number of rotatable bonds is 3. The molecule has 4 heteroatoms. The fourth-order valence-corrected chi connectivity index (χ4v) is 3.29. The zero-order valence-corrected chi connectivity index (χ0v) is 14.0. The molecule has 0 saturated carbocycles. The minimum atomic E-state index is -0.0778. The van der Waals surface area contributed by atoms with Crippen LogP contribution in [0.4, 0.5) is 5.69 Å². The van der Waals surface area contributed by atoms with Gasteiger partial charge in [-0.15, -0.1) is 0 Å². The number of amides is 1. The molecule has 2 rings (SSSR count). The summed E-state index contributed by atoms with van der Waals surface area (Å²) in [5.74, 6) is 0.758. The highest BCUT2D eigenvalue weighted by atomic mass is 79.9. The second-order valence-electron chi connectivity index (χ2n) is 5.89. The van der Waals surface area contributed by atoms with Crippen LogP contribution in [0.25, 0.3) is 0 Å². The molecule has 0 aliphatic carbocycles. The zero-order chi connectivity index (χ0) is 14.7. The highest BCUT2D eigenvalue weighted by Crippen LogP contribution is 2.24. The molecule has 20 heavy (non-hydrogen) atoms. The number of anilines is 1. The van der Waals surface area contributed by atoms with E-state index in [1.807, 2.05) is 32.0 Å². The van der Waals surface area contributed by atoms with E-state index in [4.69, 9.17) is 0 Å². The monoisotopic (exact) mass is 338 g/mol. The van der Waals surface area contributed by atoms with Crippen LogP contribution in [0.2, 0.25) is 0 Å². The number of hydrogen-bond acceptors (Lipinski definition) is 2. The Labute approximate surface area is 129 Å². The lowest BCUT2D eigenvalue weighted by atomic mass is 9.99. The Hall–Kier alpha value is -0.870. The number of benzene rings is 1. The number of likely N-dealkylation sites (tertiary alicyclic amines) is 1. The molecule has 1 N–H and O–H groups in total. The van der Waals surface area contributed by atoms with E-state index >= 15 is 0 Å². The fourth-order valence-electron chi connectivity index (χ4n) is 2.70. The second kappa shape index (κ2) is 6.72. The van der Waals surface area contributed by atoms with Crippen molar-refractivity contribution in [3.63, 3.8) is 0 Å². The fraction of sp³-hybridized carbons (Fsp3) is 0.562. The summed E-state index contributed by atoms with van der Waals surface area (Å²) in [4.78, 5) is 14.7. The van der Waals surface area contributed by atoms with Gasteiger partial charge in [0.25, 0.3) is 0 Å². The molecule has 110 valence electrons. The molecule has 1 aliphatic rings. The topological polar surface area (TPSA) is 32.3 Å². The number of halogens is 1.